The number of rotatable bonds is 4. The van der Waals surface area contributed by atoms with Gasteiger partial charge in [0, 0.05) is 22.5 Å². The normalized spacial score (nSPS) is 24.8. The van der Waals surface area contributed by atoms with E-state index in [1.807, 2.05) is 20.8 Å². The molecule has 1 aliphatic rings. The van der Waals surface area contributed by atoms with Gasteiger partial charge in [-0.05, 0) is 56.4 Å². The maximum absolute atomic E-state index is 15.5. The predicted molar refractivity (Wildman–Crippen MR) is 128 cm³/mol. The monoisotopic (exact) mass is 506 g/mol. The second kappa shape index (κ2) is 9.48. The molecule has 4 nitrogen and oxygen atoms in total. The van der Waals surface area contributed by atoms with Crippen LogP contribution in [0.1, 0.15) is 65.0 Å². The summed E-state index contributed by atoms with van der Waals surface area (Å²) in [7, 11) is 0. The molecule has 1 aliphatic heterocycles. The summed E-state index contributed by atoms with van der Waals surface area (Å²) in [4.78, 5) is 13.4. The number of benzene rings is 2. The minimum Gasteiger partial charge on any atom is -0.459 e. The van der Waals surface area contributed by atoms with E-state index < -0.39 is 52.4 Å². The third-order valence-electron chi connectivity index (χ3n) is 6.11. The van der Waals surface area contributed by atoms with Crippen LogP contribution >= 0.6 is 11.6 Å². The van der Waals surface area contributed by atoms with E-state index in [1.54, 1.807) is 20.8 Å². The van der Waals surface area contributed by atoms with Crippen molar-refractivity contribution in [2.45, 2.75) is 77.0 Å². The molecule has 0 spiro atoms. The average Bonchev–Trinajstić information content (AvgIpc) is 3.02. The number of nitriles is 1. The molecule has 1 heterocycles. The smallest absolute Gasteiger partial charge is 0.324 e. The molecule has 0 radical (unpaired) electrons. The molecule has 2 aromatic rings. The van der Waals surface area contributed by atoms with Crippen molar-refractivity contribution in [1.82, 2.24) is 5.32 Å². The van der Waals surface area contributed by atoms with Gasteiger partial charge in [0.05, 0.1) is 6.07 Å². The molecule has 0 bridgehead atoms. The minimum atomic E-state index is -1.78. The summed E-state index contributed by atoms with van der Waals surface area (Å²) in [6, 6.07) is 7.65. The highest BCUT2D eigenvalue weighted by molar-refractivity contribution is 6.30. The van der Waals surface area contributed by atoms with Crippen LogP contribution in [0.3, 0.4) is 0 Å². The van der Waals surface area contributed by atoms with Crippen LogP contribution in [0.25, 0.3) is 0 Å². The van der Waals surface area contributed by atoms with Gasteiger partial charge in [-0.15, -0.1) is 0 Å². The lowest BCUT2D eigenvalue weighted by Crippen LogP contribution is -2.45. The Morgan fingerprint density at radius 1 is 1.11 bits per heavy atom. The Labute approximate surface area is 209 Å². The van der Waals surface area contributed by atoms with E-state index >= 15 is 8.78 Å². The summed E-state index contributed by atoms with van der Waals surface area (Å²) in [5.41, 5.74) is -3.28. The number of nitrogens with zero attached hydrogens (tertiary/aromatic N) is 1. The van der Waals surface area contributed by atoms with Gasteiger partial charge in [0.1, 0.15) is 22.9 Å². The van der Waals surface area contributed by atoms with Gasteiger partial charge in [0.25, 0.3) is 0 Å². The fourth-order valence-corrected chi connectivity index (χ4v) is 5.06. The second-order valence-electron chi connectivity index (χ2n) is 11.2. The van der Waals surface area contributed by atoms with Gasteiger partial charge in [-0.2, -0.15) is 5.26 Å². The van der Waals surface area contributed by atoms with Crippen molar-refractivity contribution in [3.63, 3.8) is 0 Å². The standard InChI is InChI=1S/C27H30ClF3N2O2/c1-25(2,3)13-20-27(14-32,17-11-10-15(28)12-19(17)30)21(16-8-7-9-18(29)22(16)31)23(33-20)24(34)35-26(4,5)6/h7-12,20-21,23,33H,13H2,1-6H3/t20-,21+,23+,27-/m0/s1. The quantitative estimate of drug-likeness (QED) is 0.486. The van der Waals surface area contributed by atoms with Gasteiger partial charge in [-0.3, -0.25) is 10.1 Å². The van der Waals surface area contributed by atoms with Crippen molar-refractivity contribution in [3.8, 4) is 6.07 Å². The number of carbonyl (C=O) groups is 1. The van der Waals surface area contributed by atoms with E-state index in [1.165, 1.54) is 24.3 Å². The fourth-order valence-electron chi connectivity index (χ4n) is 4.90. The fraction of sp³-hybridized carbons (Fsp3) is 0.481. The van der Waals surface area contributed by atoms with Crippen molar-refractivity contribution in [2.24, 2.45) is 5.41 Å². The molecule has 4 atom stereocenters. The van der Waals surface area contributed by atoms with E-state index in [4.69, 9.17) is 16.3 Å². The van der Waals surface area contributed by atoms with Gasteiger partial charge in [0.15, 0.2) is 11.6 Å². The van der Waals surface area contributed by atoms with Gasteiger partial charge >= 0.3 is 5.97 Å². The lowest BCUT2D eigenvalue weighted by Gasteiger charge is -2.37. The predicted octanol–water partition coefficient (Wildman–Crippen LogP) is 6.42. The molecule has 188 valence electrons. The lowest BCUT2D eigenvalue weighted by atomic mass is 9.62. The number of hydrogen-bond donors (Lipinski definition) is 1. The van der Waals surface area contributed by atoms with Crippen molar-refractivity contribution in [1.29, 1.82) is 5.26 Å². The highest BCUT2D eigenvalue weighted by Crippen LogP contribution is 2.52. The van der Waals surface area contributed by atoms with Gasteiger partial charge in [-0.1, -0.05) is 50.6 Å². The molecule has 1 N–H and O–H groups in total. The Morgan fingerprint density at radius 3 is 2.31 bits per heavy atom. The first-order valence-electron chi connectivity index (χ1n) is 11.4. The first-order valence-corrected chi connectivity index (χ1v) is 11.8. The molecule has 1 saturated heterocycles. The first-order chi connectivity index (χ1) is 16.1. The largest absolute Gasteiger partial charge is 0.459 e. The first kappa shape index (κ1) is 27.0. The van der Waals surface area contributed by atoms with Crippen LogP contribution in [0.5, 0.6) is 0 Å². The van der Waals surface area contributed by atoms with Crippen molar-refractivity contribution < 1.29 is 22.7 Å². The third-order valence-corrected chi connectivity index (χ3v) is 6.34. The highest BCUT2D eigenvalue weighted by atomic mass is 35.5. The molecule has 0 aromatic heterocycles. The SMILES string of the molecule is CC(C)(C)C[C@@H]1N[C@@H](C(=O)OC(C)(C)C)[C@@H](c2cccc(F)c2F)[C@@]1(C#N)c1ccc(Cl)cc1F. The Morgan fingerprint density at radius 2 is 1.77 bits per heavy atom. The van der Waals surface area contributed by atoms with Crippen LogP contribution in [0.4, 0.5) is 13.2 Å². The van der Waals surface area contributed by atoms with Gasteiger partial charge in [-0.25, -0.2) is 13.2 Å². The zero-order chi connectivity index (χ0) is 26.3. The molecule has 35 heavy (non-hydrogen) atoms. The third kappa shape index (κ3) is 5.34. The molecule has 8 heteroatoms. The van der Waals surface area contributed by atoms with Gasteiger partial charge < -0.3 is 4.74 Å². The summed E-state index contributed by atoms with van der Waals surface area (Å²) in [5.74, 6) is -5.13. The van der Waals surface area contributed by atoms with Crippen LogP contribution in [0.15, 0.2) is 36.4 Å². The van der Waals surface area contributed by atoms with Gasteiger partial charge in [0.2, 0.25) is 0 Å². The molecule has 3 rings (SSSR count). The number of esters is 1. The topological polar surface area (TPSA) is 62.1 Å². The Hall–Kier alpha value is -2.56. The summed E-state index contributed by atoms with van der Waals surface area (Å²) in [6.07, 6.45) is 0.329. The Kier molecular flexibility index (Phi) is 7.32. The van der Waals surface area contributed by atoms with Crippen LogP contribution in [-0.2, 0) is 14.9 Å². The van der Waals surface area contributed by atoms with E-state index in [2.05, 4.69) is 11.4 Å². The van der Waals surface area contributed by atoms with Crippen LogP contribution < -0.4 is 5.32 Å². The lowest BCUT2D eigenvalue weighted by molar-refractivity contribution is -0.157. The highest BCUT2D eigenvalue weighted by Gasteiger charge is 2.61. The summed E-state index contributed by atoms with van der Waals surface area (Å²) >= 11 is 5.98. The zero-order valence-electron chi connectivity index (χ0n) is 20.7. The molecule has 0 aliphatic carbocycles. The number of nitrogens with one attached hydrogen (secondary N) is 1. The minimum absolute atomic E-state index is 0.0501. The molecule has 1 fully saturated rings. The Balaban J connectivity index is 2.37. The van der Waals surface area contributed by atoms with Crippen LogP contribution in [-0.4, -0.2) is 23.7 Å². The molecular weight excluding hydrogens is 477 g/mol. The van der Waals surface area contributed by atoms with E-state index in [0.29, 0.717) is 6.42 Å². The van der Waals surface area contributed by atoms with Crippen LogP contribution in [0.2, 0.25) is 5.02 Å². The summed E-state index contributed by atoms with van der Waals surface area (Å²) in [5, 5.41) is 14.0. The summed E-state index contributed by atoms with van der Waals surface area (Å²) in [6.45, 7) is 10.9. The molecule has 0 amide bonds. The molecule has 0 saturated carbocycles. The van der Waals surface area contributed by atoms with Crippen molar-refractivity contribution >= 4 is 17.6 Å². The maximum atomic E-state index is 15.5. The number of carbonyl (C=O) groups excluding carboxylic acids is 1. The maximum Gasteiger partial charge on any atom is 0.324 e. The second-order valence-corrected chi connectivity index (χ2v) is 11.7. The zero-order valence-corrected chi connectivity index (χ0v) is 21.4. The number of halogens is 4. The average molecular weight is 507 g/mol. The number of hydrogen-bond acceptors (Lipinski definition) is 4. The molecule has 2 aromatic carbocycles. The van der Waals surface area contributed by atoms with Crippen molar-refractivity contribution in [3.05, 3.63) is 70.0 Å². The number of ether oxygens (including phenoxy) is 1. The molecule has 0 unspecified atom stereocenters. The van der Waals surface area contributed by atoms with E-state index in [-0.39, 0.29) is 21.6 Å². The molecular formula is C27H30ClF3N2O2. The Bertz CT molecular complexity index is 1170. The van der Waals surface area contributed by atoms with E-state index in [9.17, 15) is 14.4 Å². The van der Waals surface area contributed by atoms with E-state index in [0.717, 1.165) is 12.1 Å². The van der Waals surface area contributed by atoms with Crippen molar-refractivity contribution in [2.75, 3.05) is 0 Å². The summed E-state index contributed by atoms with van der Waals surface area (Å²) < 4.78 is 50.7. The van der Waals surface area contributed by atoms with Crippen LogP contribution in [0, 0.1) is 34.2 Å².